The van der Waals surface area contributed by atoms with Crippen LogP contribution < -0.4 is 5.32 Å². The summed E-state index contributed by atoms with van der Waals surface area (Å²) < 4.78 is 8.26. The molecule has 0 radical (unpaired) electrons. The van der Waals surface area contributed by atoms with E-state index in [2.05, 4.69) is 35.7 Å². The summed E-state index contributed by atoms with van der Waals surface area (Å²) in [5.41, 5.74) is 4.31. The van der Waals surface area contributed by atoms with Gasteiger partial charge in [0.05, 0.1) is 10.5 Å². The maximum atomic E-state index is 11.4. The second-order valence-electron chi connectivity index (χ2n) is 8.24. The smallest absolute Gasteiger partial charge is 0.280 e. The highest BCUT2D eigenvalue weighted by Crippen LogP contribution is 2.37. The van der Waals surface area contributed by atoms with Crippen LogP contribution in [-0.4, -0.2) is 20.3 Å². The van der Waals surface area contributed by atoms with Crippen molar-refractivity contribution in [3.05, 3.63) is 69.9 Å². The monoisotopic (exact) mass is 452 g/mol. The van der Waals surface area contributed by atoms with Gasteiger partial charge in [0.15, 0.2) is 5.76 Å². The number of nitro benzene ring substituents is 1. The highest BCUT2D eigenvalue weighted by atomic mass is 35.5. The number of aryl methyl sites for hydroxylation is 2. The van der Waals surface area contributed by atoms with Gasteiger partial charge in [0.1, 0.15) is 22.9 Å². The number of hydrogen-bond acceptors (Lipinski definition) is 5. The van der Waals surface area contributed by atoms with Crippen LogP contribution in [0.3, 0.4) is 0 Å². The number of fused-ring (bicyclic) bond motifs is 1. The molecule has 0 atom stereocenters. The van der Waals surface area contributed by atoms with Crippen LogP contribution in [0.1, 0.15) is 36.9 Å². The Morgan fingerprint density at radius 1 is 1.09 bits per heavy atom. The van der Waals surface area contributed by atoms with Crippen molar-refractivity contribution >= 4 is 29.6 Å². The van der Waals surface area contributed by atoms with E-state index in [0.717, 1.165) is 41.3 Å². The molecule has 5 rings (SSSR count). The summed E-state index contributed by atoms with van der Waals surface area (Å²) in [7, 11) is 0. The van der Waals surface area contributed by atoms with Gasteiger partial charge < -0.3 is 9.73 Å². The zero-order chi connectivity index (χ0) is 21.5. The third-order valence-electron chi connectivity index (χ3n) is 5.95. The first-order valence-corrected chi connectivity index (χ1v) is 10.6. The number of imidazole rings is 1. The van der Waals surface area contributed by atoms with E-state index in [0.29, 0.717) is 23.1 Å². The molecule has 1 aliphatic carbocycles. The van der Waals surface area contributed by atoms with Gasteiger partial charge in [-0.05, 0) is 62.6 Å². The molecule has 0 aliphatic heterocycles. The van der Waals surface area contributed by atoms with E-state index >= 15 is 0 Å². The molecule has 3 aromatic heterocycles. The van der Waals surface area contributed by atoms with Crippen molar-refractivity contribution in [2.45, 2.75) is 45.6 Å². The molecule has 0 bridgehead atoms. The number of pyridine rings is 1. The van der Waals surface area contributed by atoms with Gasteiger partial charge in [-0.1, -0.05) is 25.0 Å². The minimum absolute atomic E-state index is 0. The number of para-hydroxylation sites is 1. The number of hydrogen-bond donors (Lipinski definition) is 1. The lowest BCUT2D eigenvalue weighted by Gasteiger charge is -2.15. The van der Waals surface area contributed by atoms with E-state index in [4.69, 9.17) is 9.40 Å². The maximum Gasteiger partial charge on any atom is 0.280 e. The summed E-state index contributed by atoms with van der Waals surface area (Å²) in [5.74, 6) is 1.97. The van der Waals surface area contributed by atoms with Gasteiger partial charge >= 0.3 is 0 Å². The number of nitrogens with zero attached hydrogens (tertiary/aromatic N) is 3. The summed E-state index contributed by atoms with van der Waals surface area (Å²) in [6.07, 6.45) is 4.73. The van der Waals surface area contributed by atoms with Crippen molar-refractivity contribution < 1.29 is 9.34 Å². The van der Waals surface area contributed by atoms with Crippen molar-refractivity contribution in [2.75, 3.05) is 5.32 Å². The van der Waals surface area contributed by atoms with Gasteiger partial charge in [0.2, 0.25) is 0 Å². The third kappa shape index (κ3) is 3.84. The first kappa shape index (κ1) is 21.9. The molecule has 1 aromatic carbocycles. The Hall–Kier alpha value is -3.32. The van der Waals surface area contributed by atoms with Crippen LogP contribution in [0.25, 0.3) is 28.4 Å². The Balaban J connectivity index is 0.00000245. The van der Waals surface area contributed by atoms with Crippen LogP contribution in [0, 0.1) is 24.0 Å². The molecule has 32 heavy (non-hydrogen) atoms. The zero-order valence-electron chi connectivity index (χ0n) is 18.0. The number of nitro groups is 1. The molecular formula is C24H25ClN4O3. The van der Waals surface area contributed by atoms with Gasteiger partial charge in [-0.3, -0.25) is 14.5 Å². The summed E-state index contributed by atoms with van der Waals surface area (Å²) in [6, 6.07) is 14.8. The van der Waals surface area contributed by atoms with Gasteiger partial charge in [-0.25, -0.2) is 4.98 Å². The first-order chi connectivity index (χ1) is 15.0. The van der Waals surface area contributed by atoms with Crippen molar-refractivity contribution in [1.29, 1.82) is 0 Å². The topological polar surface area (TPSA) is 85.6 Å². The minimum Gasteiger partial charge on any atom is -0.454 e. The van der Waals surface area contributed by atoms with Crippen LogP contribution in [0.2, 0.25) is 0 Å². The molecule has 1 aliphatic rings. The number of furan rings is 1. The van der Waals surface area contributed by atoms with Crippen LogP contribution in [0.5, 0.6) is 0 Å². The fourth-order valence-electron chi connectivity index (χ4n) is 4.55. The lowest BCUT2D eigenvalue weighted by molar-refractivity contribution is -0.384. The van der Waals surface area contributed by atoms with Gasteiger partial charge in [-0.2, -0.15) is 0 Å². The lowest BCUT2D eigenvalue weighted by Crippen LogP contribution is -2.17. The van der Waals surface area contributed by atoms with Gasteiger partial charge in [-0.15, -0.1) is 12.4 Å². The third-order valence-corrected chi connectivity index (χ3v) is 5.95. The highest BCUT2D eigenvalue weighted by Gasteiger charge is 2.24. The van der Waals surface area contributed by atoms with Crippen LogP contribution >= 0.6 is 12.4 Å². The Morgan fingerprint density at radius 2 is 1.81 bits per heavy atom. The van der Waals surface area contributed by atoms with E-state index in [1.54, 1.807) is 24.3 Å². The average Bonchev–Trinajstić information content (AvgIpc) is 3.48. The Kier molecular flexibility index (Phi) is 5.93. The van der Waals surface area contributed by atoms with Crippen LogP contribution in [0.4, 0.5) is 11.5 Å². The van der Waals surface area contributed by atoms with Crippen molar-refractivity contribution in [1.82, 2.24) is 9.38 Å². The Bertz CT molecular complexity index is 1290. The Morgan fingerprint density at radius 3 is 2.56 bits per heavy atom. The number of benzene rings is 1. The van der Waals surface area contributed by atoms with Crippen LogP contribution in [0.15, 0.2) is 52.9 Å². The second-order valence-corrected chi connectivity index (χ2v) is 8.24. The molecule has 0 saturated heterocycles. The average molecular weight is 453 g/mol. The largest absolute Gasteiger partial charge is 0.454 e. The molecule has 1 N–H and O–H groups in total. The van der Waals surface area contributed by atoms with Gasteiger partial charge in [0, 0.05) is 17.8 Å². The van der Waals surface area contributed by atoms with Crippen molar-refractivity contribution in [3.63, 3.8) is 0 Å². The molecule has 4 aromatic rings. The van der Waals surface area contributed by atoms with E-state index in [9.17, 15) is 10.1 Å². The SMILES string of the molecule is Cc1cc(C)n2c(NC3CCCC3)c(-c3ccc(-c4ccccc4[N+](=O)[O-])o3)nc2c1.Cl. The van der Waals surface area contributed by atoms with E-state index in [1.807, 2.05) is 6.07 Å². The van der Waals surface area contributed by atoms with Crippen LogP contribution in [-0.2, 0) is 0 Å². The fraction of sp³-hybridized carbons (Fsp3) is 0.292. The molecule has 0 amide bonds. The molecule has 1 saturated carbocycles. The van der Waals surface area contributed by atoms with Gasteiger partial charge in [0.25, 0.3) is 5.69 Å². The normalized spacial score (nSPS) is 13.9. The molecule has 0 unspecified atom stereocenters. The zero-order valence-corrected chi connectivity index (χ0v) is 18.8. The van der Waals surface area contributed by atoms with E-state index in [-0.39, 0.29) is 23.0 Å². The molecule has 1 fully saturated rings. The summed E-state index contributed by atoms with van der Waals surface area (Å²) in [6.45, 7) is 4.14. The van der Waals surface area contributed by atoms with Crippen molar-refractivity contribution in [3.8, 4) is 22.8 Å². The second kappa shape index (κ2) is 8.67. The van der Waals surface area contributed by atoms with E-state index < -0.39 is 0 Å². The van der Waals surface area contributed by atoms with E-state index in [1.165, 1.54) is 18.9 Å². The predicted octanol–water partition coefficient (Wildman–Crippen LogP) is 6.56. The molecule has 3 heterocycles. The summed E-state index contributed by atoms with van der Waals surface area (Å²) in [5, 5.41) is 15.1. The number of aromatic nitrogens is 2. The molecule has 0 spiro atoms. The number of rotatable bonds is 5. The molecule has 7 nitrogen and oxygen atoms in total. The minimum atomic E-state index is -0.387. The number of halogens is 1. The summed E-state index contributed by atoms with van der Waals surface area (Å²) in [4.78, 5) is 15.9. The highest BCUT2D eigenvalue weighted by molar-refractivity contribution is 5.85. The quantitative estimate of drug-likeness (QED) is 0.273. The molecule has 8 heteroatoms. The fourth-order valence-corrected chi connectivity index (χ4v) is 4.55. The van der Waals surface area contributed by atoms with Crippen molar-refractivity contribution in [2.24, 2.45) is 0 Å². The number of anilines is 1. The predicted molar refractivity (Wildman–Crippen MR) is 128 cm³/mol. The molecular weight excluding hydrogens is 428 g/mol. The maximum absolute atomic E-state index is 11.4. The lowest BCUT2D eigenvalue weighted by atomic mass is 10.1. The first-order valence-electron chi connectivity index (χ1n) is 10.6. The molecule has 166 valence electrons. The standard InChI is InChI=1S/C24H24N4O3.ClH/c1-15-13-16(2)27-22(14-15)26-23(24(27)25-17-7-3-4-8-17)21-12-11-20(31-21)18-9-5-6-10-19(18)28(29)30;/h5-6,9-14,17,25H,3-4,7-8H2,1-2H3;1H. The Labute approximate surface area is 192 Å². The number of nitrogens with one attached hydrogen (secondary N) is 1. The summed E-state index contributed by atoms with van der Waals surface area (Å²) >= 11 is 0.